The normalized spacial score (nSPS) is 15.7. The average Bonchev–Trinajstić information content (AvgIpc) is 3.09. The van der Waals surface area contributed by atoms with Crippen molar-refractivity contribution in [3.05, 3.63) is 35.7 Å². The highest BCUT2D eigenvalue weighted by atomic mass is 16.5. The van der Waals surface area contributed by atoms with Crippen LogP contribution in [0.5, 0.6) is 11.5 Å². The third kappa shape index (κ3) is 4.41. The van der Waals surface area contributed by atoms with E-state index >= 15 is 0 Å². The monoisotopic (exact) mass is 387 g/mol. The lowest BCUT2D eigenvalue weighted by atomic mass is 10.0. The van der Waals surface area contributed by atoms with E-state index in [0.717, 1.165) is 6.42 Å². The summed E-state index contributed by atoms with van der Waals surface area (Å²) >= 11 is 0. The van der Waals surface area contributed by atoms with E-state index in [2.05, 4.69) is 34.8 Å². The van der Waals surface area contributed by atoms with E-state index in [0.29, 0.717) is 24.0 Å². The van der Waals surface area contributed by atoms with Gasteiger partial charge in [-0.2, -0.15) is 0 Å². The van der Waals surface area contributed by atoms with Crippen molar-refractivity contribution < 1.29 is 19.1 Å². The molecule has 9 nitrogen and oxygen atoms in total. The van der Waals surface area contributed by atoms with Crippen LogP contribution in [0.2, 0.25) is 0 Å². The van der Waals surface area contributed by atoms with Crippen LogP contribution in [-0.2, 0) is 6.54 Å². The molecule has 9 heteroatoms. The summed E-state index contributed by atoms with van der Waals surface area (Å²) in [4.78, 5) is 24.8. The standard InChI is InChI=1S/C19H25N5O4/c1-12(2)10-13-11-24-17(19(26)21-13)16(22-23-24)18(25)20-8-9-28-15-7-5-4-6-14(15)27-3/h4-7,12-13H,8-11H2,1-3H3,(H,20,25)(H,21,26). The molecule has 2 heterocycles. The van der Waals surface area contributed by atoms with Gasteiger partial charge in [-0.15, -0.1) is 5.10 Å². The molecule has 0 saturated heterocycles. The Hall–Kier alpha value is -3.10. The molecule has 1 aliphatic heterocycles. The van der Waals surface area contributed by atoms with Gasteiger partial charge in [0.15, 0.2) is 22.9 Å². The molecule has 0 aliphatic carbocycles. The molecular weight excluding hydrogens is 362 g/mol. The van der Waals surface area contributed by atoms with Crippen LogP contribution in [0, 0.1) is 5.92 Å². The van der Waals surface area contributed by atoms with Crippen LogP contribution in [0.1, 0.15) is 41.2 Å². The largest absolute Gasteiger partial charge is 0.493 e. The van der Waals surface area contributed by atoms with Crippen LogP contribution in [0.3, 0.4) is 0 Å². The van der Waals surface area contributed by atoms with Gasteiger partial charge in [-0.3, -0.25) is 9.59 Å². The molecule has 2 N–H and O–H groups in total. The summed E-state index contributed by atoms with van der Waals surface area (Å²) in [5.41, 5.74) is 0.223. The Morgan fingerprint density at radius 1 is 1.36 bits per heavy atom. The molecule has 2 amide bonds. The summed E-state index contributed by atoms with van der Waals surface area (Å²) in [6.45, 7) is 5.19. The molecule has 0 radical (unpaired) electrons. The molecule has 150 valence electrons. The number of fused-ring (bicyclic) bond motifs is 1. The van der Waals surface area contributed by atoms with Crippen LogP contribution in [-0.4, -0.2) is 53.1 Å². The van der Waals surface area contributed by atoms with Gasteiger partial charge >= 0.3 is 0 Å². The Morgan fingerprint density at radius 2 is 2.11 bits per heavy atom. The van der Waals surface area contributed by atoms with Gasteiger partial charge in [0, 0.05) is 6.04 Å². The van der Waals surface area contributed by atoms with Crippen LogP contribution in [0.15, 0.2) is 24.3 Å². The van der Waals surface area contributed by atoms with E-state index in [4.69, 9.17) is 9.47 Å². The van der Waals surface area contributed by atoms with Crippen molar-refractivity contribution in [1.82, 2.24) is 25.6 Å². The fourth-order valence-electron chi connectivity index (χ4n) is 3.18. The number of carbonyl (C=O) groups is 2. The zero-order valence-corrected chi connectivity index (χ0v) is 16.3. The number of nitrogens with one attached hydrogen (secondary N) is 2. The number of nitrogens with zero attached hydrogens (tertiary/aromatic N) is 3. The number of carbonyl (C=O) groups excluding carboxylic acids is 2. The second-order valence-electron chi connectivity index (χ2n) is 7.02. The predicted octanol–water partition coefficient (Wildman–Crippen LogP) is 1.25. The second kappa shape index (κ2) is 8.73. The highest BCUT2D eigenvalue weighted by molar-refractivity contribution is 6.05. The third-order valence-corrected chi connectivity index (χ3v) is 4.36. The number of amides is 2. The summed E-state index contributed by atoms with van der Waals surface area (Å²) in [5, 5.41) is 13.5. The maximum Gasteiger partial charge on any atom is 0.274 e. The maximum atomic E-state index is 12.4. The highest BCUT2D eigenvalue weighted by Crippen LogP contribution is 2.25. The number of methoxy groups -OCH3 is 1. The van der Waals surface area contributed by atoms with Crippen molar-refractivity contribution in [3.63, 3.8) is 0 Å². The lowest BCUT2D eigenvalue weighted by Crippen LogP contribution is -2.46. The van der Waals surface area contributed by atoms with Gasteiger partial charge in [0.2, 0.25) is 0 Å². The first-order valence-electron chi connectivity index (χ1n) is 9.28. The average molecular weight is 387 g/mol. The lowest BCUT2D eigenvalue weighted by Gasteiger charge is -2.25. The van der Waals surface area contributed by atoms with Gasteiger partial charge in [-0.05, 0) is 24.5 Å². The minimum absolute atomic E-state index is 0.00753. The number of hydrogen-bond donors (Lipinski definition) is 2. The molecule has 28 heavy (non-hydrogen) atoms. The molecule has 1 aromatic carbocycles. The minimum atomic E-state index is -0.456. The zero-order valence-electron chi connectivity index (χ0n) is 16.3. The summed E-state index contributed by atoms with van der Waals surface area (Å²) in [5.74, 6) is 0.880. The van der Waals surface area contributed by atoms with Crippen molar-refractivity contribution >= 4 is 11.8 Å². The molecule has 0 saturated carbocycles. The van der Waals surface area contributed by atoms with E-state index in [1.54, 1.807) is 19.2 Å². The number of benzene rings is 1. The molecule has 1 unspecified atom stereocenters. The molecule has 0 bridgehead atoms. The van der Waals surface area contributed by atoms with Gasteiger partial charge in [-0.25, -0.2) is 4.68 Å². The number of rotatable bonds is 8. The van der Waals surface area contributed by atoms with E-state index < -0.39 is 5.91 Å². The first-order valence-corrected chi connectivity index (χ1v) is 9.28. The molecule has 1 aliphatic rings. The van der Waals surface area contributed by atoms with Crippen LogP contribution >= 0.6 is 0 Å². The number of ether oxygens (including phenoxy) is 2. The Balaban J connectivity index is 1.56. The summed E-state index contributed by atoms with van der Waals surface area (Å²) in [6, 6.07) is 7.26. The molecule has 1 aromatic heterocycles. The lowest BCUT2D eigenvalue weighted by molar-refractivity contribution is 0.0869. The quantitative estimate of drug-likeness (QED) is 0.660. The molecule has 0 fully saturated rings. The topological polar surface area (TPSA) is 107 Å². The zero-order chi connectivity index (χ0) is 20.1. The van der Waals surface area contributed by atoms with Crippen molar-refractivity contribution in [1.29, 1.82) is 0 Å². The summed E-state index contributed by atoms with van der Waals surface area (Å²) in [7, 11) is 1.57. The van der Waals surface area contributed by atoms with Gasteiger partial charge in [0.1, 0.15) is 6.61 Å². The fourth-order valence-corrected chi connectivity index (χ4v) is 3.18. The third-order valence-electron chi connectivity index (χ3n) is 4.36. The molecule has 0 spiro atoms. The van der Waals surface area contributed by atoms with Gasteiger partial charge in [0.05, 0.1) is 20.2 Å². The fraction of sp³-hybridized carbons (Fsp3) is 0.474. The van der Waals surface area contributed by atoms with Crippen LogP contribution in [0.4, 0.5) is 0 Å². The van der Waals surface area contributed by atoms with Crippen LogP contribution in [0.25, 0.3) is 0 Å². The predicted molar refractivity (Wildman–Crippen MR) is 102 cm³/mol. The Morgan fingerprint density at radius 3 is 2.82 bits per heavy atom. The van der Waals surface area contributed by atoms with E-state index in [1.807, 2.05) is 12.1 Å². The van der Waals surface area contributed by atoms with Gasteiger partial charge in [0.25, 0.3) is 11.8 Å². The highest BCUT2D eigenvalue weighted by Gasteiger charge is 2.32. The molecule has 2 aromatic rings. The van der Waals surface area contributed by atoms with Gasteiger partial charge in [-0.1, -0.05) is 31.2 Å². The van der Waals surface area contributed by atoms with E-state index in [1.165, 1.54) is 4.68 Å². The van der Waals surface area contributed by atoms with Crippen molar-refractivity contribution in [3.8, 4) is 11.5 Å². The Kier molecular flexibility index (Phi) is 6.13. The van der Waals surface area contributed by atoms with E-state index in [-0.39, 0.29) is 36.5 Å². The molecule has 3 rings (SSSR count). The SMILES string of the molecule is COc1ccccc1OCCNC(=O)c1nnn2c1C(=O)NC(CC(C)C)C2. The van der Waals surface area contributed by atoms with E-state index in [9.17, 15) is 9.59 Å². The Bertz CT molecular complexity index is 849. The number of hydrogen-bond acceptors (Lipinski definition) is 6. The number of para-hydroxylation sites is 2. The first kappa shape index (κ1) is 19.7. The molecular formula is C19H25N5O4. The van der Waals surface area contributed by atoms with Crippen LogP contribution < -0.4 is 20.1 Å². The smallest absolute Gasteiger partial charge is 0.274 e. The number of aromatic nitrogens is 3. The summed E-state index contributed by atoms with van der Waals surface area (Å²) < 4.78 is 12.3. The molecule has 1 atom stereocenters. The van der Waals surface area contributed by atoms with Crippen molar-refractivity contribution in [2.45, 2.75) is 32.9 Å². The van der Waals surface area contributed by atoms with Crippen molar-refractivity contribution in [2.24, 2.45) is 5.92 Å². The maximum absolute atomic E-state index is 12.4. The second-order valence-corrected chi connectivity index (χ2v) is 7.02. The Labute approximate surface area is 163 Å². The first-order chi connectivity index (χ1) is 13.5. The van der Waals surface area contributed by atoms with Gasteiger partial charge < -0.3 is 20.1 Å². The van der Waals surface area contributed by atoms with Crippen molar-refractivity contribution in [2.75, 3.05) is 20.3 Å². The summed E-state index contributed by atoms with van der Waals surface area (Å²) in [6.07, 6.45) is 0.840. The minimum Gasteiger partial charge on any atom is -0.493 e.